The van der Waals surface area contributed by atoms with Crippen LogP contribution in [0.15, 0.2) is 12.1 Å². The fraction of sp³-hybridized carbons (Fsp3) is 0.300. The van der Waals surface area contributed by atoms with Gasteiger partial charge in [-0.3, -0.25) is 4.79 Å². The molecule has 0 aliphatic carbocycles. The van der Waals surface area contributed by atoms with E-state index in [0.29, 0.717) is 17.8 Å². The first-order valence-electron chi connectivity index (χ1n) is 4.24. The van der Waals surface area contributed by atoms with Crippen LogP contribution in [0.25, 0.3) is 0 Å². The molecule has 0 spiro atoms. The van der Waals surface area contributed by atoms with Gasteiger partial charge in [0.25, 0.3) is 5.91 Å². The summed E-state index contributed by atoms with van der Waals surface area (Å²) in [5, 5.41) is 0. The number of aryl methyl sites for hydroxylation is 1. The molecular weight excluding hydrogens is 164 g/mol. The average molecular weight is 176 g/mol. The number of amides is 1. The highest BCUT2D eigenvalue weighted by atomic mass is 16.2. The molecule has 0 bridgehead atoms. The van der Waals surface area contributed by atoms with Gasteiger partial charge in [-0.15, -0.1) is 0 Å². The Morgan fingerprint density at radius 1 is 1.46 bits per heavy atom. The van der Waals surface area contributed by atoms with Gasteiger partial charge in [0.15, 0.2) is 0 Å². The summed E-state index contributed by atoms with van der Waals surface area (Å²) >= 11 is 0. The number of anilines is 1. The van der Waals surface area contributed by atoms with Crippen molar-refractivity contribution >= 4 is 11.6 Å². The third-order valence-corrected chi connectivity index (χ3v) is 2.54. The van der Waals surface area contributed by atoms with Gasteiger partial charge in [-0.25, -0.2) is 0 Å². The fourth-order valence-corrected chi connectivity index (χ4v) is 1.73. The van der Waals surface area contributed by atoms with Crippen LogP contribution in [0.4, 0.5) is 5.69 Å². The number of hydrogen-bond acceptors (Lipinski definition) is 2. The van der Waals surface area contributed by atoms with Crippen LogP contribution < -0.4 is 5.73 Å². The van der Waals surface area contributed by atoms with Gasteiger partial charge in [0, 0.05) is 19.3 Å². The zero-order valence-electron chi connectivity index (χ0n) is 7.79. The number of nitrogens with two attached hydrogens (primary N) is 1. The number of rotatable bonds is 0. The van der Waals surface area contributed by atoms with Crippen LogP contribution >= 0.6 is 0 Å². The van der Waals surface area contributed by atoms with Crippen LogP contribution in [0.2, 0.25) is 0 Å². The van der Waals surface area contributed by atoms with Crippen molar-refractivity contribution in [2.45, 2.75) is 13.5 Å². The molecule has 1 aliphatic heterocycles. The molecule has 2 N–H and O–H groups in total. The smallest absolute Gasteiger partial charge is 0.256 e. The minimum atomic E-state index is 0.0381. The van der Waals surface area contributed by atoms with E-state index in [0.717, 1.165) is 11.1 Å². The zero-order valence-corrected chi connectivity index (χ0v) is 7.79. The minimum absolute atomic E-state index is 0.0381. The van der Waals surface area contributed by atoms with E-state index in [-0.39, 0.29) is 5.91 Å². The van der Waals surface area contributed by atoms with Crippen molar-refractivity contribution < 1.29 is 4.79 Å². The van der Waals surface area contributed by atoms with Gasteiger partial charge in [-0.1, -0.05) is 6.07 Å². The van der Waals surface area contributed by atoms with Crippen LogP contribution in [0, 0.1) is 6.92 Å². The van der Waals surface area contributed by atoms with Gasteiger partial charge in [0.1, 0.15) is 0 Å². The Hall–Kier alpha value is -1.51. The Kier molecular flexibility index (Phi) is 1.55. The number of fused-ring (bicyclic) bond motifs is 1. The third-order valence-electron chi connectivity index (χ3n) is 2.54. The molecule has 0 aromatic heterocycles. The number of benzene rings is 1. The minimum Gasteiger partial charge on any atom is -0.398 e. The first-order chi connectivity index (χ1) is 6.11. The summed E-state index contributed by atoms with van der Waals surface area (Å²) in [7, 11) is 1.79. The third kappa shape index (κ3) is 1.00. The molecule has 0 atom stereocenters. The topological polar surface area (TPSA) is 46.3 Å². The lowest BCUT2D eigenvalue weighted by Gasteiger charge is -2.05. The van der Waals surface area contributed by atoms with Crippen molar-refractivity contribution in [2.24, 2.45) is 0 Å². The second kappa shape index (κ2) is 2.49. The molecule has 13 heavy (non-hydrogen) atoms. The number of nitrogens with zero attached hydrogens (tertiary/aromatic N) is 1. The largest absolute Gasteiger partial charge is 0.398 e. The highest BCUT2D eigenvalue weighted by molar-refractivity contribution is 6.03. The van der Waals surface area contributed by atoms with Crippen molar-refractivity contribution in [2.75, 3.05) is 12.8 Å². The van der Waals surface area contributed by atoms with E-state index in [1.54, 1.807) is 18.0 Å². The molecule has 1 aromatic carbocycles. The molecule has 68 valence electrons. The van der Waals surface area contributed by atoms with Crippen molar-refractivity contribution in [3.05, 3.63) is 28.8 Å². The van der Waals surface area contributed by atoms with Gasteiger partial charge < -0.3 is 10.6 Å². The van der Waals surface area contributed by atoms with Gasteiger partial charge in [-0.2, -0.15) is 0 Å². The SMILES string of the molecule is Cc1ccc(N)c2c1CN(C)C2=O. The van der Waals surface area contributed by atoms with E-state index >= 15 is 0 Å². The molecule has 3 heteroatoms. The molecule has 3 nitrogen and oxygen atoms in total. The van der Waals surface area contributed by atoms with Crippen LogP contribution in [0.3, 0.4) is 0 Å². The summed E-state index contributed by atoms with van der Waals surface area (Å²) in [5.41, 5.74) is 9.25. The summed E-state index contributed by atoms with van der Waals surface area (Å²) in [6.07, 6.45) is 0. The molecule has 1 amide bonds. The lowest BCUT2D eigenvalue weighted by Crippen LogP contribution is -2.18. The maximum atomic E-state index is 11.6. The Labute approximate surface area is 77.1 Å². The lowest BCUT2D eigenvalue weighted by molar-refractivity contribution is 0.0817. The van der Waals surface area contributed by atoms with Crippen molar-refractivity contribution in [3.63, 3.8) is 0 Å². The highest BCUT2D eigenvalue weighted by Gasteiger charge is 2.27. The van der Waals surface area contributed by atoms with Gasteiger partial charge >= 0.3 is 0 Å². The fourth-order valence-electron chi connectivity index (χ4n) is 1.73. The van der Waals surface area contributed by atoms with E-state index in [9.17, 15) is 4.79 Å². The van der Waals surface area contributed by atoms with E-state index in [1.807, 2.05) is 13.0 Å². The predicted molar refractivity (Wildman–Crippen MR) is 51.4 cm³/mol. The summed E-state index contributed by atoms with van der Waals surface area (Å²) < 4.78 is 0. The standard InChI is InChI=1S/C10H12N2O/c1-6-3-4-8(11)9-7(6)5-12(2)10(9)13/h3-4H,5,11H2,1-2H3. The Morgan fingerprint density at radius 2 is 2.15 bits per heavy atom. The maximum Gasteiger partial charge on any atom is 0.256 e. The molecule has 1 aliphatic rings. The van der Waals surface area contributed by atoms with Crippen molar-refractivity contribution in [1.29, 1.82) is 0 Å². The van der Waals surface area contributed by atoms with Crippen molar-refractivity contribution in [1.82, 2.24) is 4.90 Å². The molecule has 1 heterocycles. The Balaban J connectivity index is 2.68. The number of hydrogen-bond donors (Lipinski definition) is 1. The molecule has 0 saturated heterocycles. The van der Waals surface area contributed by atoms with Gasteiger partial charge in [-0.05, 0) is 24.1 Å². The van der Waals surface area contributed by atoms with E-state index < -0.39 is 0 Å². The van der Waals surface area contributed by atoms with Crippen LogP contribution in [-0.2, 0) is 6.54 Å². The second-order valence-electron chi connectivity index (χ2n) is 3.49. The summed E-state index contributed by atoms with van der Waals surface area (Å²) in [6, 6.07) is 3.76. The molecule has 0 fully saturated rings. The molecule has 0 saturated carbocycles. The van der Waals surface area contributed by atoms with Crippen LogP contribution in [0.1, 0.15) is 21.5 Å². The number of carbonyl (C=O) groups is 1. The van der Waals surface area contributed by atoms with E-state index in [4.69, 9.17) is 5.73 Å². The molecule has 1 aromatic rings. The predicted octanol–water partition coefficient (Wildman–Crippen LogP) is 1.16. The lowest BCUT2D eigenvalue weighted by atomic mass is 10.0. The molecule has 0 radical (unpaired) electrons. The first-order valence-corrected chi connectivity index (χ1v) is 4.24. The molecule has 0 unspecified atom stereocenters. The summed E-state index contributed by atoms with van der Waals surface area (Å²) in [5.74, 6) is 0.0381. The summed E-state index contributed by atoms with van der Waals surface area (Å²) in [6.45, 7) is 2.69. The monoisotopic (exact) mass is 176 g/mol. The van der Waals surface area contributed by atoms with Crippen molar-refractivity contribution in [3.8, 4) is 0 Å². The number of nitrogen functional groups attached to an aromatic ring is 1. The molecular formula is C10H12N2O. The van der Waals surface area contributed by atoms with Gasteiger partial charge in [0.2, 0.25) is 0 Å². The van der Waals surface area contributed by atoms with E-state index in [1.165, 1.54) is 0 Å². The second-order valence-corrected chi connectivity index (χ2v) is 3.49. The van der Waals surface area contributed by atoms with Gasteiger partial charge in [0.05, 0.1) is 5.56 Å². The highest BCUT2D eigenvalue weighted by Crippen LogP contribution is 2.28. The zero-order chi connectivity index (χ0) is 9.59. The van der Waals surface area contributed by atoms with Crippen LogP contribution in [0.5, 0.6) is 0 Å². The van der Waals surface area contributed by atoms with Crippen LogP contribution in [-0.4, -0.2) is 17.9 Å². The first kappa shape index (κ1) is 8.10. The quantitative estimate of drug-likeness (QED) is 0.603. The Morgan fingerprint density at radius 3 is 2.77 bits per heavy atom. The number of carbonyl (C=O) groups excluding carboxylic acids is 1. The average Bonchev–Trinajstić information content (AvgIpc) is 2.38. The normalized spacial score (nSPS) is 14.9. The van der Waals surface area contributed by atoms with E-state index in [2.05, 4.69) is 0 Å². The molecule has 2 rings (SSSR count). The summed E-state index contributed by atoms with van der Waals surface area (Å²) in [4.78, 5) is 13.3. The maximum absolute atomic E-state index is 11.6. The Bertz CT molecular complexity index is 385.